The van der Waals surface area contributed by atoms with Gasteiger partial charge in [0.2, 0.25) is 0 Å². The van der Waals surface area contributed by atoms with Gasteiger partial charge in [-0.1, -0.05) is 6.07 Å². The van der Waals surface area contributed by atoms with Gasteiger partial charge in [0.15, 0.2) is 9.84 Å². The number of carbonyl (C=O) groups is 1. The summed E-state index contributed by atoms with van der Waals surface area (Å²) in [6, 6.07) is 10.7. The van der Waals surface area contributed by atoms with Crippen molar-refractivity contribution in [3.8, 4) is 0 Å². The molecule has 1 aromatic carbocycles. The van der Waals surface area contributed by atoms with E-state index in [1.807, 2.05) is 18.3 Å². The molecule has 1 amide bonds. The van der Waals surface area contributed by atoms with Crippen molar-refractivity contribution in [3.05, 3.63) is 60.2 Å². The van der Waals surface area contributed by atoms with Crippen LogP contribution in [0.25, 0.3) is 10.9 Å². The molecule has 1 fully saturated rings. The molecule has 1 aliphatic heterocycles. The molecule has 1 saturated heterocycles. The third kappa shape index (κ3) is 2.60. The Morgan fingerprint density at radius 2 is 2.08 bits per heavy atom. The highest BCUT2D eigenvalue weighted by Gasteiger charge is 2.40. The van der Waals surface area contributed by atoms with Crippen molar-refractivity contribution < 1.29 is 17.6 Å². The lowest BCUT2D eigenvalue weighted by Crippen LogP contribution is -2.57. The highest BCUT2D eigenvalue weighted by molar-refractivity contribution is 7.91. The minimum absolute atomic E-state index is 0.124. The first-order chi connectivity index (χ1) is 11.5. The van der Waals surface area contributed by atoms with E-state index in [9.17, 15) is 13.2 Å². The number of rotatable bonds is 4. The Bertz CT molecular complexity index is 983. The van der Waals surface area contributed by atoms with Crippen LogP contribution in [0.1, 0.15) is 16.1 Å². The van der Waals surface area contributed by atoms with Crippen molar-refractivity contribution >= 4 is 26.6 Å². The number of fused-ring (bicyclic) bond motifs is 1. The Morgan fingerprint density at radius 1 is 1.25 bits per heavy atom. The van der Waals surface area contributed by atoms with Gasteiger partial charge in [0.05, 0.1) is 11.5 Å². The molecule has 7 heteroatoms. The van der Waals surface area contributed by atoms with E-state index in [0.717, 1.165) is 10.9 Å². The lowest BCUT2D eigenvalue weighted by atomic mass is 10.1. The first-order valence-corrected chi connectivity index (χ1v) is 9.35. The number of nitrogens with one attached hydrogen (secondary N) is 1. The van der Waals surface area contributed by atoms with Crippen LogP contribution < -0.4 is 0 Å². The zero-order valence-corrected chi connectivity index (χ0v) is 13.6. The van der Waals surface area contributed by atoms with E-state index < -0.39 is 15.1 Å². The van der Waals surface area contributed by atoms with E-state index in [1.165, 1.54) is 6.26 Å². The molecule has 1 N–H and O–H groups in total. The standard InChI is InChI=1S/C17H16N2O4S/c20-17(13-4-3-12-5-6-18-16(12)8-13)19-9-15(10-19)24(21,22)11-14-2-1-7-23-14/h1-8,15,18H,9-11H2. The molecule has 24 heavy (non-hydrogen) atoms. The maximum atomic E-state index is 12.5. The van der Waals surface area contributed by atoms with Crippen molar-refractivity contribution in [3.63, 3.8) is 0 Å². The van der Waals surface area contributed by atoms with Gasteiger partial charge in [0, 0.05) is 30.4 Å². The van der Waals surface area contributed by atoms with Crippen LogP contribution in [-0.2, 0) is 15.6 Å². The number of hydrogen-bond donors (Lipinski definition) is 1. The van der Waals surface area contributed by atoms with E-state index in [-0.39, 0.29) is 24.7 Å². The number of aromatic nitrogens is 1. The third-order valence-electron chi connectivity index (χ3n) is 4.37. The number of amides is 1. The number of benzene rings is 1. The second kappa shape index (κ2) is 5.52. The van der Waals surface area contributed by atoms with E-state index in [2.05, 4.69) is 4.98 Å². The van der Waals surface area contributed by atoms with Crippen molar-refractivity contribution in [2.75, 3.05) is 13.1 Å². The van der Waals surface area contributed by atoms with Gasteiger partial charge in [0.1, 0.15) is 11.5 Å². The molecule has 0 unspecified atom stereocenters. The molecule has 0 radical (unpaired) electrons. The number of nitrogens with zero attached hydrogens (tertiary/aromatic N) is 1. The largest absolute Gasteiger partial charge is 0.468 e. The molecule has 6 nitrogen and oxygen atoms in total. The predicted octanol–water partition coefficient (Wildman–Crippen LogP) is 2.20. The Kier molecular flexibility index (Phi) is 3.45. The van der Waals surface area contributed by atoms with Gasteiger partial charge in [-0.3, -0.25) is 4.79 Å². The van der Waals surface area contributed by atoms with Crippen LogP contribution in [0.5, 0.6) is 0 Å². The van der Waals surface area contributed by atoms with Crippen molar-refractivity contribution in [2.24, 2.45) is 0 Å². The van der Waals surface area contributed by atoms with Gasteiger partial charge in [-0.15, -0.1) is 0 Å². The van der Waals surface area contributed by atoms with Crippen molar-refractivity contribution in [1.82, 2.24) is 9.88 Å². The fraction of sp³-hybridized carbons (Fsp3) is 0.235. The average Bonchev–Trinajstić information content (AvgIpc) is 3.14. The highest BCUT2D eigenvalue weighted by Crippen LogP contribution is 2.23. The molecule has 2 aromatic heterocycles. The van der Waals surface area contributed by atoms with E-state index in [1.54, 1.807) is 29.2 Å². The maximum Gasteiger partial charge on any atom is 0.254 e. The lowest BCUT2D eigenvalue weighted by Gasteiger charge is -2.38. The Hall–Kier alpha value is -2.54. The first kappa shape index (κ1) is 15.0. The van der Waals surface area contributed by atoms with Crippen molar-refractivity contribution in [2.45, 2.75) is 11.0 Å². The fourth-order valence-electron chi connectivity index (χ4n) is 2.91. The SMILES string of the molecule is O=C(c1ccc2cc[nH]c2c1)N1CC(S(=O)(=O)Cc2ccco2)C1. The predicted molar refractivity (Wildman–Crippen MR) is 89.3 cm³/mol. The van der Waals surface area contributed by atoms with Crippen LogP contribution in [0.4, 0.5) is 0 Å². The summed E-state index contributed by atoms with van der Waals surface area (Å²) in [7, 11) is -3.31. The van der Waals surface area contributed by atoms with Gasteiger partial charge < -0.3 is 14.3 Å². The normalized spacial score (nSPS) is 15.6. The van der Waals surface area contributed by atoms with E-state index in [4.69, 9.17) is 4.42 Å². The molecule has 0 spiro atoms. The molecule has 4 rings (SSSR count). The summed E-state index contributed by atoms with van der Waals surface area (Å²) in [5.41, 5.74) is 1.45. The summed E-state index contributed by atoms with van der Waals surface area (Å²) in [6.45, 7) is 0.454. The topological polar surface area (TPSA) is 83.4 Å². The fourth-order valence-corrected chi connectivity index (χ4v) is 4.52. The zero-order valence-electron chi connectivity index (χ0n) is 12.8. The molecule has 1 aliphatic rings. The second-order valence-electron chi connectivity index (χ2n) is 6.00. The zero-order chi connectivity index (χ0) is 16.7. The van der Waals surface area contributed by atoms with Gasteiger partial charge in [-0.05, 0) is 35.7 Å². The molecule has 3 aromatic rings. The summed E-state index contributed by atoms with van der Waals surface area (Å²) >= 11 is 0. The summed E-state index contributed by atoms with van der Waals surface area (Å²) in [5, 5.41) is 0.509. The second-order valence-corrected chi connectivity index (χ2v) is 8.28. The van der Waals surface area contributed by atoms with E-state index in [0.29, 0.717) is 11.3 Å². The molecule has 0 bridgehead atoms. The molecule has 0 saturated carbocycles. The average molecular weight is 344 g/mol. The lowest BCUT2D eigenvalue weighted by molar-refractivity contribution is 0.0659. The Morgan fingerprint density at radius 3 is 2.83 bits per heavy atom. The molecule has 124 valence electrons. The summed E-state index contributed by atoms with van der Waals surface area (Å²) < 4.78 is 29.7. The number of sulfone groups is 1. The number of hydrogen-bond acceptors (Lipinski definition) is 4. The molecule has 3 heterocycles. The quantitative estimate of drug-likeness (QED) is 0.786. The van der Waals surface area contributed by atoms with Crippen LogP contribution in [-0.4, -0.2) is 42.5 Å². The van der Waals surface area contributed by atoms with E-state index >= 15 is 0 Å². The number of likely N-dealkylation sites (tertiary alicyclic amines) is 1. The molecular weight excluding hydrogens is 328 g/mol. The summed E-state index contributed by atoms with van der Waals surface area (Å²) in [6.07, 6.45) is 3.28. The maximum absolute atomic E-state index is 12.5. The number of carbonyl (C=O) groups excluding carboxylic acids is 1. The number of H-pyrrole nitrogens is 1. The van der Waals surface area contributed by atoms with Crippen LogP contribution in [0, 0.1) is 0 Å². The third-order valence-corrected chi connectivity index (χ3v) is 6.37. The molecule has 0 atom stereocenters. The Balaban J connectivity index is 1.43. The van der Waals surface area contributed by atoms with Crippen LogP contribution >= 0.6 is 0 Å². The van der Waals surface area contributed by atoms with Crippen LogP contribution in [0.3, 0.4) is 0 Å². The van der Waals surface area contributed by atoms with Crippen LogP contribution in [0.15, 0.2) is 53.3 Å². The molecular formula is C17H16N2O4S. The smallest absolute Gasteiger partial charge is 0.254 e. The minimum atomic E-state index is -3.31. The van der Waals surface area contributed by atoms with Gasteiger partial charge in [0.25, 0.3) is 5.91 Å². The minimum Gasteiger partial charge on any atom is -0.468 e. The number of furan rings is 1. The van der Waals surface area contributed by atoms with Crippen molar-refractivity contribution in [1.29, 1.82) is 0 Å². The Labute approximate surface area is 139 Å². The first-order valence-electron chi connectivity index (χ1n) is 7.63. The van der Waals surface area contributed by atoms with Gasteiger partial charge >= 0.3 is 0 Å². The molecule has 0 aliphatic carbocycles. The monoisotopic (exact) mass is 344 g/mol. The van der Waals surface area contributed by atoms with Gasteiger partial charge in [-0.25, -0.2) is 8.42 Å². The van der Waals surface area contributed by atoms with Crippen LogP contribution in [0.2, 0.25) is 0 Å². The summed E-state index contributed by atoms with van der Waals surface area (Å²) in [5.74, 6) is 0.161. The number of aromatic amines is 1. The highest BCUT2D eigenvalue weighted by atomic mass is 32.2. The summed E-state index contributed by atoms with van der Waals surface area (Å²) in [4.78, 5) is 17.1. The van der Waals surface area contributed by atoms with Gasteiger partial charge in [-0.2, -0.15) is 0 Å².